The van der Waals surface area contributed by atoms with Crippen molar-refractivity contribution in [1.82, 2.24) is 10.3 Å². The topological polar surface area (TPSA) is 68.0 Å². The maximum atomic E-state index is 12.4. The standard InChI is InChI=1S/C15H23N3OS/c1-14(2)9-4-5-15(14,3)11(6-9)18-13(19)10-8-20-12(7-16)17-10/h8-9,11H,4-7,16H2,1-3H3,(H,18,19). The highest BCUT2D eigenvalue weighted by Crippen LogP contribution is 2.65. The highest BCUT2D eigenvalue weighted by atomic mass is 32.1. The second-order valence-corrected chi connectivity index (χ2v) is 7.91. The van der Waals surface area contributed by atoms with Crippen molar-refractivity contribution < 1.29 is 4.79 Å². The summed E-state index contributed by atoms with van der Waals surface area (Å²) in [6, 6.07) is 0.270. The van der Waals surface area contributed by atoms with Crippen LogP contribution in [0.15, 0.2) is 5.38 Å². The molecule has 110 valence electrons. The third-order valence-corrected chi connectivity index (χ3v) is 6.93. The summed E-state index contributed by atoms with van der Waals surface area (Å²) >= 11 is 1.45. The first kappa shape index (κ1) is 14.0. The summed E-state index contributed by atoms with van der Waals surface area (Å²) in [5, 5.41) is 5.84. The summed E-state index contributed by atoms with van der Waals surface area (Å²) in [4.78, 5) is 16.6. The van der Waals surface area contributed by atoms with E-state index < -0.39 is 0 Å². The summed E-state index contributed by atoms with van der Waals surface area (Å²) in [7, 11) is 0. The summed E-state index contributed by atoms with van der Waals surface area (Å²) in [6.07, 6.45) is 3.60. The van der Waals surface area contributed by atoms with Gasteiger partial charge >= 0.3 is 0 Å². The molecule has 2 bridgehead atoms. The molecule has 2 fully saturated rings. The van der Waals surface area contributed by atoms with E-state index in [4.69, 9.17) is 5.73 Å². The van der Waals surface area contributed by atoms with E-state index in [1.54, 1.807) is 5.38 Å². The number of nitrogens with two attached hydrogens (primary N) is 1. The van der Waals surface area contributed by atoms with Crippen molar-refractivity contribution in [3.8, 4) is 0 Å². The first-order valence-electron chi connectivity index (χ1n) is 7.34. The largest absolute Gasteiger partial charge is 0.347 e. The van der Waals surface area contributed by atoms with E-state index in [9.17, 15) is 4.79 Å². The van der Waals surface area contributed by atoms with Gasteiger partial charge in [0.1, 0.15) is 10.7 Å². The Morgan fingerprint density at radius 2 is 2.30 bits per heavy atom. The predicted octanol–water partition coefficient (Wildman–Crippen LogP) is 2.55. The summed E-state index contributed by atoms with van der Waals surface area (Å²) in [5.74, 6) is 0.684. The number of fused-ring (bicyclic) bond motifs is 2. The van der Waals surface area contributed by atoms with Crippen LogP contribution in [0.4, 0.5) is 0 Å². The highest BCUT2D eigenvalue weighted by Gasteiger charge is 2.61. The number of thiazole rings is 1. The average molecular weight is 293 g/mol. The third-order valence-electron chi connectivity index (χ3n) is 6.06. The molecule has 2 aliphatic carbocycles. The van der Waals surface area contributed by atoms with E-state index in [2.05, 4.69) is 31.1 Å². The summed E-state index contributed by atoms with van der Waals surface area (Å²) < 4.78 is 0. The van der Waals surface area contributed by atoms with Crippen molar-refractivity contribution in [3.05, 3.63) is 16.1 Å². The van der Waals surface area contributed by atoms with E-state index >= 15 is 0 Å². The molecule has 2 saturated carbocycles. The van der Waals surface area contributed by atoms with Crippen molar-refractivity contribution in [2.24, 2.45) is 22.5 Å². The van der Waals surface area contributed by atoms with Crippen LogP contribution in [-0.4, -0.2) is 16.9 Å². The quantitative estimate of drug-likeness (QED) is 0.900. The summed E-state index contributed by atoms with van der Waals surface area (Å²) in [6.45, 7) is 7.43. The smallest absolute Gasteiger partial charge is 0.270 e. The van der Waals surface area contributed by atoms with Crippen molar-refractivity contribution in [3.63, 3.8) is 0 Å². The molecule has 3 N–H and O–H groups in total. The maximum absolute atomic E-state index is 12.4. The van der Waals surface area contributed by atoms with E-state index in [-0.39, 0.29) is 17.4 Å². The number of hydrogen-bond acceptors (Lipinski definition) is 4. The number of rotatable bonds is 3. The molecule has 3 unspecified atom stereocenters. The second kappa shape index (κ2) is 4.53. The van der Waals surface area contributed by atoms with Crippen LogP contribution in [0.3, 0.4) is 0 Å². The van der Waals surface area contributed by atoms with Crippen LogP contribution in [0.25, 0.3) is 0 Å². The van der Waals surface area contributed by atoms with Gasteiger partial charge in [0.2, 0.25) is 0 Å². The number of nitrogens with zero attached hydrogens (tertiary/aromatic N) is 1. The average Bonchev–Trinajstić information content (AvgIpc) is 3.01. The number of nitrogens with one attached hydrogen (secondary N) is 1. The van der Waals surface area contributed by atoms with Gasteiger partial charge in [-0.25, -0.2) is 4.98 Å². The molecule has 1 amide bonds. The Kier molecular flexibility index (Phi) is 3.18. The van der Waals surface area contributed by atoms with Gasteiger partial charge < -0.3 is 11.1 Å². The van der Waals surface area contributed by atoms with Gasteiger partial charge in [-0.3, -0.25) is 4.79 Å². The molecule has 0 aromatic carbocycles. The number of aromatic nitrogens is 1. The minimum absolute atomic E-state index is 0.0458. The van der Waals surface area contributed by atoms with Gasteiger partial charge in [0.15, 0.2) is 0 Å². The predicted molar refractivity (Wildman–Crippen MR) is 80.5 cm³/mol. The molecule has 1 heterocycles. The fraction of sp³-hybridized carbons (Fsp3) is 0.733. The zero-order valence-corrected chi connectivity index (χ0v) is 13.2. The van der Waals surface area contributed by atoms with Crippen LogP contribution in [0.2, 0.25) is 0 Å². The number of carbonyl (C=O) groups excluding carboxylic acids is 1. The minimum Gasteiger partial charge on any atom is -0.347 e. The van der Waals surface area contributed by atoms with Gasteiger partial charge in [0, 0.05) is 18.0 Å². The molecule has 3 rings (SSSR count). The number of carbonyl (C=O) groups is 1. The van der Waals surface area contributed by atoms with Gasteiger partial charge in [0.05, 0.1) is 0 Å². The van der Waals surface area contributed by atoms with E-state index in [0.29, 0.717) is 17.7 Å². The number of amides is 1. The molecular formula is C15H23N3OS. The molecule has 0 aliphatic heterocycles. The lowest BCUT2D eigenvalue weighted by Crippen LogP contribution is -2.47. The Morgan fingerprint density at radius 1 is 1.55 bits per heavy atom. The molecule has 0 radical (unpaired) electrons. The van der Waals surface area contributed by atoms with E-state index in [1.807, 2.05) is 0 Å². The first-order chi connectivity index (χ1) is 9.38. The van der Waals surface area contributed by atoms with Gasteiger partial charge in [-0.05, 0) is 36.0 Å². The van der Waals surface area contributed by atoms with Crippen LogP contribution in [-0.2, 0) is 6.54 Å². The highest BCUT2D eigenvalue weighted by molar-refractivity contribution is 7.09. The van der Waals surface area contributed by atoms with E-state index in [1.165, 1.54) is 24.2 Å². The second-order valence-electron chi connectivity index (χ2n) is 6.97. The lowest BCUT2D eigenvalue weighted by molar-refractivity contribution is 0.0822. The minimum atomic E-state index is -0.0458. The van der Waals surface area contributed by atoms with Crippen molar-refractivity contribution in [1.29, 1.82) is 0 Å². The Bertz CT molecular complexity index is 539. The van der Waals surface area contributed by atoms with Gasteiger partial charge in [-0.2, -0.15) is 0 Å². The molecule has 1 aromatic heterocycles. The number of hydrogen-bond donors (Lipinski definition) is 2. The fourth-order valence-corrected chi connectivity index (χ4v) is 4.82. The Balaban J connectivity index is 1.75. The van der Waals surface area contributed by atoms with Crippen molar-refractivity contribution in [2.75, 3.05) is 0 Å². The molecule has 4 nitrogen and oxygen atoms in total. The van der Waals surface area contributed by atoms with E-state index in [0.717, 1.165) is 17.3 Å². The molecule has 2 aliphatic rings. The van der Waals surface area contributed by atoms with Crippen molar-refractivity contribution >= 4 is 17.2 Å². The van der Waals surface area contributed by atoms with Crippen LogP contribution in [0.1, 0.15) is 55.5 Å². The van der Waals surface area contributed by atoms with Gasteiger partial charge in [0.25, 0.3) is 5.91 Å². The Hall–Kier alpha value is -0.940. The molecule has 5 heteroatoms. The van der Waals surface area contributed by atoms with Gasteiger partial charge in [-0.1, -0.05) is 20.8 Å². The molecule has 1 aromatic rings. The molecule has 0 saturated heterocycles. The summed E-state index contributed by atoms with van der Waals surface area (Å²) in [5.41, 5.74) is 6.59. The zero-order chi connectivity index (χ0) is 14.5. The Labute approximate surface area is 124 Å². The van der Waals surface area contributed by atoms with Crippen LogP contribution < -0.4 is 11.1 Å². The normalized spacial score (nSPS) is 34.4. The van der Waals surface area contributed by atoms with Crippen molar-refractivity contribution in [2.45, 2.75) is 52.6 Å². The molecular weight excluding hydrogens is 270 g/mol. The van der Waals surface area contributed by atoms with Gasteiger partial charge in [-0.15, -0.1) is 11.3 Å². The molecule has 20 heavy (non-hydrogen) atoms. The zero-order valence-electron chi connectivity index (χ0n) is 12.4. The fourth-order valence-electron chi connectivity index (χ4n) is 4.16. The molecule has 3 atom stereocenters. The maximum Gasteiger partial charge on any atom is 0.270 e. The third kappa shape index (κ3) is 1.83. The lowest BCUT2D eigenvalue weighted by atomic mass is 9.69. The van der Waals surface area contributed by atoms with Crippen LogP contribution >= 0.6 is 11.3 Å². The monoisotopic (exact) mass is 293 g/mol. The Morgan fingerprint density at radius 3 is 2.80 bits per heavy atom. The SMILES string of the molecule is CC1(C)C2CCC1(C)C(NC(=O)c1csc(CN)n1)C2. The lowest BCUT2D eigenvalue weighted by Gasteiger charge is -2.39. The first-order valence-corrected chi connectivity index (χ1v) is 8.22. The molecule has 0 spiro atoms. The van der Waals surface area contributed by atoms with Crippen LogP contribution in [0.5, 0.6) is 0 Å². The van der Waals surface area contributed by atoms with Crippen LogP contribution in [0, 0.1) is 16.7 Å².